The van der Waals surface area contributed by atoms with Crippen molar-refractivity contribution in [2.24, 2.45) is 23.2 Å². The molecular weight excluding hydrogens is 672 g/mol. The van der Waals surface area contributed by atoms with Gasteiger partial charge < -0.3 is 9.42 Å². The first kappa shape index (κ1) is 34.4. The summed E-state index contributed by atoms with van der Waals surface area (Å²) in [6.45, 7) is 14.4. The second kappa shape index (κ2) is 14.1. The molecule has 0 spiro atoms. The van der Waals surface area contributed by atoms with Crippen molar-refractivity contribution >= 4 is 52.0 Å². The Morgan fingerprint density at radius 3 is 2.63 bits per heavy atom. The molecule has 1 aliphatic heterocycles. The lowest BCUT2D eigenvalue weighted by molar-refractivity contribution is 0.0326. The minimum atomic E-state index is -0.949. The van der Waals surface area contributed by atoms with Gasteiger partial charge in [0.1, 0.15) is 11.3 Å². The van der Waals surface area contributed by atoms with E-state index in [0.29, 0.717) is 23.8 Å². The van der Waals surface area contributed by atoms with E-state index >= 15 is 0 Å². The number of hydrogen-bond donors (Lipinski definition) is 1. The van der Waals surface area contributed by atoms with Crippen LogP contribution in [0.4, 0.5) is 10.9 Å². The van der Waals surface area contributed by atoms with Gasteiger partial charge in [-0.2, -0.15) is 5.10 Å². The molecular formula is C41H49N6O2PS. The summed E-state index contributed by atoms with van der Waals surface area (Å²) >= 11 is 1.50. The summed E-state index contributed by atoms with van der Waals surface area (Å²) in [5.74, 6) is 3.37. The van der Waals surface area contributed by atoms with Crippen molar-refractivity contribution in [2.45, 2.75) is 79.3 Å². The van der Waals surface area contributed by atoms with Crippen molar-refractivity contribution in [3.63, 3.8) is 0 Å². The van der Waals surface area contributed by atoms with Gasteiger partial charge in [-0.05, 0) is 124 Å². The Morgan fingerprint density at radius 2 is 1.84 bits per heavy atom. The molecule has 1 amide bonds. The van der Waals surface area contributed by atoms with Crippen LogP contribution >= 0.6 is 19.5 Å². The van der Waals surface area contributed by atoms with E-state index in [4.69, 9.17) is 14.6 Å². The standard InChI is InChI=1S/C41H49N6O2PS/c1-6-49-50(5)39-32(33-23-42-47(27(33)3)25-41(4)21-28-18-26(2)19-29(20-28)22-41)14-15-37(44-39)46-17-16-30-10-9-11-31(34(30)24-46)38(48)45-40-43-35-12-7-8-13-36(35)51-40/h7-15,23,26,28-29H,6,16-22,24-25H2,1-5H3,(H,43,45,48). The normalized spacial score (nSPS) is 23.6. The van der Waals surface area contributed by atoms with Crippen LogP contribution in [0.1, 0.15) is 80.1 Å². The molecule has 10 heteroatoms. The van der Waals surface area contributed by atoms with Crippen LogP contribution in [0.3, 0.4) is 0 Å². The lowest BCUT2D eigenvalue weighted by Crippen LogP contribution is -2.38. The van der Waals surface area contributed by atoms with Crippen molar-refractivity contribution in [1.82, 2.24) is 19.7 Å². The van der Waals surface area contributed by atoms with E-state index < -0.39 is 8.15 Å². The quantitative estimate of drug-likeness (QED) is 0.153. The Bertz CT molecular complexity index is 2020. The van der Waals surface area contributed by atoms with E-state index in [1.54, 1.807) is 0 Å². The number of carbonyl (C=O) groups is 1. The van der Waals surface area contributed by atoms with Crippen LogP contribution in [-0.2, 0) is 24.0 Å². The first-order valence-corrected chi connectivity index (χ1v) is 21.1. The third-order valence-electron chi connectivity index (χ3n) is 11.5. The van der Waals surface area contributed by atoms with Crippen LogP contribution in [0, 0.1) is 30.1 Å². The molecule has 3 unspecified atom stereocenters. The zero-order valence-electron chi connectivity index (χ0n) is 30.5. The van der Waals surface area contributed by atoms with Gasteiger partial charge in [0.25, 0.3) is 5.91 Å². The van der Waals surface area contributed by atoms with Gasteiger partial charge in [0.2, 0.25) is 0 Å². The largest absolute Gasteiger partial charge is 0.353 e. The second-order valence-electron chi connectivity index (χ2n) is 15.6. The van der Waals surface area contributed by atoms with Crippen LogP contribution in [0.25, 0.3) is 21.3 Å². The van der Waals surface area contributed by atoms with Gasteiger partial charge in [0.05, 0.1) is 24.6 Å². The molecule has 2 aliphatic carbocycles. The van der Waals surface area contributed by atoms with Crippen molar-refractivity contribution in [2.75, 3.05) is 30.0 Å². The number of para-hydroxylation sites is 1. The predicted octanol–water partition coefficient (Wildman–Crippen LogP) is 9.22. The number of nitrogens with zero attached hydrogens (tertiary/aromatic N) is 5. The smallest absolute Gasteiger partial charge is 0.257 e. The summed E-state index contributed by atoms with van der Waals surface area (Å²) in [7, 11) is -0.949. The lowest BCUT2D eigenvalue weighted by Gasteiger charge is -2.47. The van der Waals surface area contributed by atoms with Crippen LogP contribution in [0.2, 0.25) is 0 Å². The first-order chi connectivity index (χ1) is 24.7. The molecule has 5 aromatic rings. The number of thiazole rings is 1. The van der Waals surface area contributed by atoms with Crippen molar-refractivity contribution in [3.05, 3.63) is 83.2 Å². The molecule has 3 aliphatic rings. The van der Waals surface area contributed by atoms with Crippen LogP contribution in [0.15, 0.2) is 60.8 Å². The van der Waals surface area contributed by atoms with E-state index in [1.807, 2.05) is 42.6 Å². The summed E-state index contributed by atoms with van der Waals surface area (Å²) in [5, 5.41) is 8.69. The first-order valence-electron chi connectivity index (χ1n) is 18.6. The summed E-state index contributed by atoms with van der Waals surface area (Å²) in [6, 6.07) is 18.4. The number of anilines is 2. The van der Waals surface area contributed by atoms with Gasteiger partial charge in [0, 0.05) is 48.6 Å². The highest BCUT2D eigenvalue weighted by Crippen LogP contribution is 2.51. The zero-order valence-corrected chi connectivity index (χ0v) is 32.2. The Kier molecular flexibility index (Phi) is 9.49. The number of amides is 1. The third kappa shape index (κ3) is 6.97. The lowest BCUT2D eigenvalue weighted by atomic mass is 9.59. The van der Waals surface area contributed by atoms with Gasteiger partial charge in [-0.25, -0.2) is 9.97 Å². The van der Waals surface area contributed by atoms with Crippen molar-refractivity contribution < 1.29 is 9.32 Å². The van der Waals surface area contributed by atoms with E-state index in [9.17, 15) is 4.79 Å². The molecule has 2 aromatic carbocycles. The minimum Gasteiger partial charge on any atom is -0.353 e. The molecule has 0 radical (unpaired) electrons. The van der Waals surface area contributed by atoms with E-state index in [1.165, 1.54) is 54.7 Å². The third-order valence-corrected chi connectivity index (χ3v) is 14.0. The van der Waals surface area contributed by atoms with E-state index in [2.05, 4.69) is 72.4 Å². The van der Waals surface area contributed by atoms with Gasteiger partial charge in [0.15, 0.2) is 5.13 Å². The molecule has 1 N–H and O–H groups in total. The van der Waals surface area contributed by atoms with Crippen molar-refractivity contribution in [3.8, 4) is 11.1 Å². The van der Waals surface area contributed by atoms with Gasteiger partial charge >= 0.3 is 0 Å². The number of pyridine rings is 1. The summed E-state index contributed by atoms with van der Waals surface area (Å²) in [4.78, 5) is 25.9. The highest BCUT2D eigenvalue weighted by molar-refractivity contribution is 7.60. The number of nitrogens with one attached hydrogen (secondary N) is 1. The topological polar surface area (TPSA) is 85.2 Å². The van der Waals surface area contributed by atoms with Crippen LogP contribution < -0.4 is 15.7 Å². The average molecular weight is 721 g/mol. The second-order valence-corrected chi connectivity index (χ2v) is 18.3. The SMILES string of the molecule is CCOP(C)c1nc(N2CCc3cccc(C(=O)Nc4nc5ccccc5s4)c3C2)ccc1-c1cnn(CC2(C)CC3CC(C)CC(C3)C2)c1C. The highest BCUT2D eigenvalue weighted by Gasteiger charge is 2.41. The Balaban J connectivity index is 1.05. The number of rotatable bonds is 9. The van der Waals surface area contributed by atoms with Gasteiger partial charge in [-0.3, -0.25) is 14.8 Å². The van der Waals surface area contributed by atoms with Crippen molar-refractivity contribution in [1.29, 1.82) is 0 Å². The molecule has 8 nitrogen and oxygen atoms in total. The molecule has 2 saturated carbocycles. The zero-order chi connectivity index (χ0) is 35.3. The number of aromatic nitrogens is 4. The summed E-state index contributed by atoms with van der Waals surface area (Å²) in [6.07, 6.45) is 9.69. The molecule has 4 heterocycles. The molecule has 3 atom stereocenters. The maximum absolute atomic E-state index is 13.7. The van der Waals surface area contributed by atoms with E-state index in [-0.39, 0.29) is 11.3 Å². The molecule has 266 valence electrons. The Hall–Kier alpha value is -3.65. The average Bonchev–Trinajstić information content (AvgIpc) is 3.68. The predicted molar refractivity (Wildman–Crippen MR) is 210 cm³/mol. The Morgan fingerprint density at radius 1 is 1.04 bits per heavy atom. The van der Waals surface area contributed by atoms with E-state index in [0.717, 1.165) is 75.4 Å². The minimum absolute atomic E-state index is 0.127. The molecule has 3 aromatic heterocycles. The monoisotopic (exact) mass is 720 g/mol. The maximum atomic E-state index is 13.7. The number of hydrogen-bond acceptors (Lipinski definition) is 7. The molecule has 51 heavy (non-hydrogen) atoms. The van der Waals surface area contributed by atoms with Crippen LogP contribution in [-0.4, -0.2) is 45.5 Å². The van der Waals surface area contributed by atoms with Gasteiger partial charge in [-0.1, -0.05) is 49.4 Å². The highest BCUT2D eigenvalue weighted by atomic mass is 32.1. The maximum Gasteiger partial charge on any atom is 0.257 e. The fraction of sp³-hybridized carbons (Fsp3) is 0.463. The molecule has 0 saturated heterocycles. The van der Waals surface area contributed by atoms with Gasteiger partial charge in [-0.15, -0.1) is 0 Å². The van der Waals surface area contributed by atoms with Crippen LogP contribution in [0.5, 0.6) is 0 Å². The number of fused-ring (bicyclic) bond motifs is 4. The molecule has 8 rings (SSSR count). The Labute approximate surface area is 306 Å². The molecule has 2 fully saturated rings. The summed E-state index contributed by atoms with van der Waals surface area (Å²) in [5.41, 5.74) is 8.56. The fourth-order valence-electron chi connectivity index (χ4n) is 9.47. The summed E-state index contributed by atoms with van der Waals surface area (Å²) < 4.78 is 9.57. The molecule has 2 bridgehead atoms. The fourth-order valence-corrected chi connectivity index (χ4v) is 11.6. The number of benzene rings is 2. The number of carbonyl (C=O) groups excluding carboxylic acids is 1.